The fourth-order valence-electron chi connectivity index (χ4n) is 2.83. The molecule has 1 heterocycles. The molecule has 0 spiro atoms. The second-order valence-corrected chi connectivity index (χ2v) is 7.46. The van der Waals surface area contributed by atoms with Crippen molar-refractivity contribution in [1.82, 2.24) is 14.8 Å². The number of benzene rings is 2. The summed E-state index contributed by atoms with van der Waals surface area (Å²) in [5.74, 6) is 0.669. The zero-order chi connectivity index (χ0) is 20.8. The standard InChI is InChI=1S/C21H23FN4O2S/c1-4-28-18-12-8-7-11-17(18)23-19(27)13-29-21-25-24-20(26(21)14(2)3)15-9-5-6-10-16(15)22/h5-12,14H,4,13H2,1-3H3,(H,23,27). The molecule has 2 aromatic carbocycles. The van der Waals surface area contributed by atoms with Gasteiger partial charge in [-0.05, 0) is 45.0 Å². The SMILES string of the molecule is CCOc1ccccc1NC(=O)CSc1nnc(-c2ccccc2F)n1C(C)C. The molecule has 3 rings (SSSR count). The number of halogens is 1. The molecule has 8 heteroatoms. The third-order valence-corrected chi connectivity index (χ3v) is 5.03. The zero-order valence-corrected chi connectivity index (χ0v) is 17.4. The van der Waals surface area contributed by atoms with Crippen molar-refractivity contribution < 1.29 is 13.9 Å². The largest absolute Gasteiger partial charge is 0.492 e. The summed E-state index contributed by atoms with van der Waals surface area (Å²) in [5, 5.41) is 11.8. The van der Waals surface area contributed by atoms with Crippen LogP contribution in [-0.2, 0) is 4.79 Å². The number of hydrogen-bond donors (Lipinski definition) is 1. The molecule has 152 valence electrons. The van der Waals surface area contributed by atoms with Crippen molar-refractivity contribution in [1.29, 1.82) is 0 Å². The number of aromatic nitrogens is 3. The molecule has 0 aliphatic carbocycles. The van der Waals surface area contributed by atoms with Gasteiger partial charge < -0.3 is 10.1 Å². The molecule has 0 aliphatic heterocycles. The van der Waals surface area contributed by atoms with Gasteiger partial charge >= 0.3 is 0 Å². The Labute approximate surface area is 173 Å². The van der Waals surface area contributed by atoms with Gasteiger partial charge in [-0.15, -0.1) is 10.2 Å². The third-order valence-electron chi connectivity index (χ3n) is 4.09. The highest BCUT2D eigenvalue weighted by Gasteiger charge is 2.20. The average Bonchev–Trinajstić information content (AvgIpc) is 3.12. The number of rotatable bonds is 8. The first kappa shape index (κ1) is 20.9. The quantitative estimate of drug-likeness (QED) is 0.537. The lowest BCUT2D eigenvalue weighted by Gasteiger charge is -2.14. The normalized spacial score (nSPS) is 10.9. The topological polar surface area (TPSA) is 69.0 Å². The van der Waals surface area contributed by atoms with E-state index < -0.39 is 0 Å². The predicted octanol–water partition coefficient (Wildman–Crippen LogP) is 4.79. The van der Waals surface area contributed by atoms with Crippen LogP contribution in [0.5, 0.6) is 5.75 Å². The van der Waals surface area contributed by atoms with Gasteiger partial charge in [-0.3, -0.25) is 9.36 Å². The smallest absolute Gasteiger partial charge is 0.234 e. The van der Waals surface area contributed by atoms with Crippen molar-refractivity contribution in [2.45, 2.75) is 32.0 Å². The van der Waals surface area contributed by atoms with Crippen molar-refractivity contribution in [2.24, 2.45) is 0 Å². The summed E-state index contributed by atoms with van der Waals surface area (Å²) in [4.78, 5) is 12.4. The summed E-state index contributed by atoms with van der Waals surface area (Å²) in [6, 6.07) is 13.7. The molecule has 1 amide bonds. The van der Waals surface area contributed by atoms with Crippen LogP contribution in [0.2, 0.25) is 0 Å². The van der Waals surface area contributed by atoms with Gasteiger partial charge in [-0.25, -0.2) is 4.39 Å². The lowest BCUT2D eigenvalue weighted by Crippen LogP contribution is -2.16. The van der Waals surface area contributed by atoms with Gasteiger partial charge in [0.15, 0.2) is 11.0 Å². The highest BCUT2D eigenvalue weighted by molar-refractivity contribution is 7.99. The van der Waals surface area contributed by atoms with Gasteiger partial charge in [0.05, 0.1) is 23.6 Å². The third kappa shape index (κ3) is 4.95. The Hall–Kier alpha value is -2.87. The van der Waals surface area contributed by atoms with Crippen molar-refractivity contribution in [2.75, 3.05) is 17.7 Å². The average molecular weight is 415 g/mol. The minimum absolute atomic E-state index is 0.00356. The number of para-hydroxylation sites is 2. The van der Waals surface area contributed by atoms with E-state index in [9.17, 15) is 9.18 Å². The molecule has 0 unspecified atom stereocenters. The molecule has 0 fully saturated rings. The number of hydrogen-bond acceptors (Lipinski definition) is 5. The first-order valence-electron chi connectivity index (χ1n) is 9.35. The van der Waals surface area contributed by atoms with Crippen molar-refractivity contribution in [3.63, 3.8) is 0 Å². The second kappa shape index (κ2) is 9.56. The zero-order valence-electron chi connectivity index (χ0n) is 16.6. The molecule has 3 aromatic rings. The van der Waals surface area contributed by atoms with Crippen molar-refractivity contribution in [3.8, 4) is 17.1 Å². The molecule has 0 atom stereocenters. The van der Waals surface area contributed by atoms with Crippen LogP contribution >= 0.6 is 11.8 Å². The fraction of sp³-hybridized carbons (Fsp3) is 0.286. The van der Waals surface area contributed by atoms with E-state index in [-0.39, 0.29) is 23.5 Å². The molecule has 29 heavy (non-hydrogen) atoms. The first-order valence-corrected chi connectivity index (χ1v) is 10.3. The molecule has 6 nitrogen and oxygen atoms in total. The van der Waals surface area contributed by atoms with E-state index in [4.69, 9.17) is 4.74 Å². The highest BCUT2D eigenvalue weighted by Crippen LogP contribution is 2.29. The van der Waals surface area contributed by atoms with Crippen LogP contribution in [0.25, 0.3) is 11.4 Å². The lowest BCUT2D eigenvalue weighted by atomic mass is 10.2. The Balaban J connectivity index is 1.74. The van der Waals surface area contributed by atoms with Gasteiger partial charge in [-0.1, -0.05) is 36.0 Å². The van der Waals surface area contributed by atoms with E-state index in [1.807, 2.05) is 43.5 Å². The molecule has 0 saturated carbocycles. The van der Waals surface area contributed by atoms with Gasteiger partial charge in [0.2, 0.25) is 5.91 Å². The van der Waals surface area contributed by atoms with E-state index in [1.54, 1.807) is 24.3 Å². The van der Waals surface area contributed by atoms with Crippen LogP contribution in [0.3, 0.4) is 0 Å². The Morgan fingerprint density at radius 1 is 1.17 bits per heavy atom. The summed E-state index contributed by atoms with van der Waals surface area (Å²) in [5.41, 5.74) is 1.01. The Bertz CT molecular complexity index is 990. The maximum absolute atomic E-state index is 14.2. The number of anilines is 1. The number of thioether (sulfide) groups is 1. The number of amides is 1. The summed E-state index contributed by atoms with van der Waals surface area (Å²) in [6.07, 6.45) is 0. The number of carbonyl (C=O) groups excluding carboxylic acids is 1. The van der Waals surface area contributed by atoms with E-state index >= 15 is 0 Å². The minimum Gasteiger partial charge on any atom is -0.492 e. The highest BCUT2D eigenvalue weighted by atomic mass is 32.2. The van der Waals surface area contributed by atoms with Crippen LogP contribution in [0, 0.1) is 5.82 Å². The molecule has 0 saturated heterocycles. The first-order chi connectivity index (χ1) is 14.0. The summed E-state index contributed by atoms with van der Waals surface area (Å²) < 4.78 is 21.6. The maximum Gasteiger partial charge on any atom is 0.234 e. The molecule has 1 N–H and O–H groups in total. The Kier molecular flexibility index (Phi) is 6.87. The van der Waals surface area contributed by atoms with Crippen LogP contribution in [0.1, 0.15) is 26.8 Å². The molecule has 0 radical (unpaired) electrons. The molecule has 0 bridgehead atoms. The number of carbonyl (C=O) groups is 1. The summed E-state index contributed by atoms with van der Waals surface area (Å²) >= 11 is 1.26. The molecule has 0 aliphatic rings. The van der Waals surface area contributed by atoms with Gasteiger partial charge in [0.1, 0.15) is 11.6 Å². The van der Waals surface area contributed by atoms with E-state index in [2.05, 4.69) is 15.5 Å². The van der Waals surface area contributed by atoms with E-state index in [0.717, 1.165) is 0 Å². The monoisotopic (exact) mass is 414 g/mol. The van der Waals surface area contributed by atoms with E-state index in [1.165, 1.54) is 17.8 Å². The maximum atomic E-state index is 14.2. The van der Waals surface area contributed by atoms with Gasteiger partial charge in [-0.2, -0.15) is 0 Å². The summed E-state index contributed by atoms with van der Waals surface area (Å²) in [6.45, 7) is 6.34. The van der Waals surface area contributed by atoms with Crippen molar-refractivity contribution in [3.05, 3.63) is 54.3 Å². The van der Waals surface area contributed by atoms with Crippen LogP contribution in [0.4, 0.5) is 10.1 Å². The van der Waals surface area contributed by atoms with Gasteiger partial charge in [0, 0.05) is 6.04 Å². The minimum atomic E-state index is -0.358. The van der Waals surface area contributed by atoms with Crippen LogP contribution < -0.4 is 10.1 Å². The Morgan fingerprint density at radius 2 is 1.90 bits per heavy atom. The lowest BCUT2D eigenvalue weighted by molar-refractivity contribution is -0.113. The second-order valence-electron chi connectivity index (χ2n) is 6.52. The number of nitrogens with one attached hydrogen (secondary N) is 1. The fourth-order valence-corrected chi connectivity index (χ4v) is 3.70. The van der Waals surface area contributed by atoms with Gasteiger partial charge in [0.25, 0.3) is 0 Å². The van der Waals surface area contributed by atoms with E-state index in [0.29, 0.717) is 34.6 Å². The summed E-state index contributed by atoms with van der Waals surface area (Å²) in [7, 11) is 0. The molecular formula is C21H23FN4O2S. The van der Waals surface area contributed by atoms with Crippen molar-refractivity contribution >= 4 is 23.4 Å². The number of ether oxygens (including phenoxy) is 1. The predicted molar refractivity (Wildman–Crippen MR) is 113 cm³/mol. The number of nitrogens with zero attached hydrogens (tertiary/aromatic N) is 3. The molecular weight excluding hydrogens is 391 g/mol. The molecule has 1 aromatic heterocycles. The Morgan fingerprint density at radius 3 is 2.62 bits per heavy atom. The van der Waals surface area contributed by atoms with Crippen LogP contribution in [0.15, 0.2) is 53.7 Å². The van der Waals surface area contributed by atoms with Crippen LogP contribution in [-0.4, -0.2) is 33.0 Å².